The Balaban J connectivity index is 2.62. The van der Waals surface area contributed by atoms with E-state index in [1.807, 2.05) is 20.0 Å². The van der Waals surface area contributed by atoms with Crippen LogP contribution < -0.4 is 5.32 Å². The maximum atomic E-state index is 6.02. The summed E-state index contributed by atoms with van der Waals surface area (Å²) in [4.78, 5) is 4.37. The standard InChI is InChI=1S/C14H17ClN2/c1-9-7-10-8-11(14(2,3)16-4)5-6-12(10)17-13(9)15/h5-8,16H,1-4H3. The van der Waals surface area contributed by atoms with Crippen molar-refractivity contribution in [2.75, 3.05) is 7.05 Å². The SMILES string of the molecule is CNC(C)(C)c1ccc2nc(Cl)c(C)cc2c1. The molecule has 90 valence electrons. The van der Waals surface area contributed by atoms with Crippen molar-refractivity contribution in [1.82, 2.24) is 10.3 Å². The molecule has 1 heterocycles. The number of hydrogen-bond donors (Lipinski definition) is 1. The lowest BCUT2D eigenvalue weighted by atomic mass is 9.93. The van der Waals surface area contributed by atoms with Crippen LogP contribution in [0.25, 0.3) is 10.9 Å². The van der Waals surface area contributed by atoms with E-state index >= 15 is 0 Å². The van der Waals surface area contributed by atoms with E-state index in [4.69, 9.17) is 11.6 Å². The second kappa shape index (κ2) is 4.28. The summed E-state index contributed by atoms with van der Waals surface area (Å²) in [6.07, 6.45) is 0. The highest BCUT2D eigenvalue weighted by Gasteiger charge is 2.17. The van der Waals surface area contributed by atoms with Crippen molar-refractivity contribution in [1.29, 1.82) is 0 Å². The van der Waals surface area contributed by atoms with Crippen molar-refractivity contribution in [3.05, 3.63) is 40.5 Å². The van der Waals surface area contributed by atoms with Crippen LogP contribution in [0.3, 0.4) is 0 Å². The number of pyridine rings is 1. The normalized spacial score (nSPS) is 12.1. The minimum atomic E-state index is -0.0399. The zero-order chi connectivity index (χ0) is 12.6. The van der Waals surface area contributed by atoms with Crippen molar-refractivity contribution in [2.24, 2.45) is 0 Å². The first-order valence-corrected chi connectivity index (χ1v) is 6.08. The third-order valence-electron chi connectivity index (χ3n) is 3.29. The van der Waals surface area contributed by atoms with Gasteiger partial charge < -0.3 is 5.32 Å². The number of rotatable bonds is 2. The maximum absolute atomic E-state index is 6.02. The lowest BCUT2D eigenvalue weighted by molar-refractivity contribution is 0.445. The van der Waals surface area contributed by atoms with E-state index in [1.54, 1.807) is 0 Å². The fourth-order valence-corrected chi connectivity index (χ4v) is 1.94. The smallest absolute Gasteiger partial charge is 0.132 e. The van der Waals surface area contributed by atoms with Gasteiger partial charge in [0.05, 0.1) is 5.52 Å². The molecule has 0 saturated carbocycles. The Labute approximate surface area is 107 Å². The summed E-state index contributed by atoms with van der Waals surface area (Å²) in [6, 6.07) is 8.37. The quantitative estimate of drug-likeness (QED) is 0.821. The Hall–Kier alpha value is -1.12. The summed E-state index contributed by atoms with van der Waals surface area (Å²) in [5, 5.41) is 5.02. The van der Waals surface area contributed by atoms with E-state index in [1.165, 1.54) is 5.56 Å². The molecule has 0 aliphatic rings. The molecule has 3 heteroatoms. The molecule has 0 radical (unpaired) electrons. The van der Waals surface area contributed by atoms with Crippen LogP contribution >= 0.6 is 11.6 Å². The summed E-state index contributed by atoms with van der Waals surface area (Å²) in [7, 11) is 1.97. The molecule has 0 unspecified atom stereocenters. The van der Waals surface area contributed by atoms with Gasteiger partial charge in [0.15, 0.2) is 0 Å². The number of fused-ring (bicyclic) bond motifs is 1. The molecule has 0 fully saturated rings. The number of halogens is 1. The fourth-order valence-electron chi connectivity index (χ4n) is 1.79. The van der Waals surface area contributed by atoms with E-state index in [2.05, 4.69) is 42.3 Å². The number of aryl methyl sites for hydroxylation is 1. The maximum Gasteiger partial charge on any atom is 0.132 e. The first-order valence-electron chi connectivity index (χ1n) is 5.70. The van der Waals surface area contributed by atoms with Gasteiger partial charge in [0, 0.05) is 10.9 Å². The monoisotopic (exact) mass is 248 g/mol. The molecule has 1 aromatic heterocycles. The van der Waals surface area contributed by atoms with Gasteiger partial charge in [-0.05, 0) is 57.1 Å². The third kappa shape index (κ3) is 2.28. The van der Waals surface area contributed by atoms with Crippen molar-refractivity contribution < 1.29 is 0 Å². The van der Waals surface area contributed by atoms with Crippen molar-refractivity contribution in [3.63, 3.8) is 0 Å². The largest absolute Gasteiger partial charge is 0.311 e. The third-order valence-corrected chi connectivity index (χ3v) is 3.67. The Bertz CT molecular complexity index is 561. The molecule has 2 nitrogen and oxygen atoms in total. The molecular formula is C14H17ClN2. The van der Waals surface area contributed by atoms with Crippen molar-refractivity contribution in [2.45, 2.75) is 26.3 Å². The predicted octanol–water partition coefficient (Wildman–Crippen LogP) is 3.65. The Morgan fingerprint density at radius 2 is 1.94 bits per heavy atom. The van der Waals surface area contributed by atoms with E-state index in [9.17, 15) is 0 Å². The minimum Gasteiger partial charge on any atom is -0.311 e. The highest BCUT2D eigenvalue weighted by atomic mass is 35.5. The van der Waals surface area contributed by atoms with Gasteiger partial charge in [-0.25, -0.2) is 4.98 Å². The van der Waals surface area contributed by atoms with Crippen LogP contribution in [-0.4, -0.2) is 12.0 Å². The molecule has 2 aromatic rings. The van der Waals surface area contributed by atoms with Gasteiger partial charge in [-0.3, -0.25) is 0 Å². The lowest BCUT2D eigenvalue weighted by Gasteiger charge is -2.25. The molecule has 0 aliphatic carbocycles. The zero-order valence-electron chi connectivity index (χ0n) is 10.6. The zero-order valence-corrected chi connectivity index (χ0v) is 11.4. The number of benzene rings is 1. The van der Waals surface area contributed by atoms with Crippen LogP contribution in [0.4, 0.5) is 0 Å². The minimum absolute atomic E-state index is 0.0399. The summed E-state index contributed by atoms with van der Waals surface area (Å²) >= 11 is 6.02. The molecule has 0 bridgehead atoms. The van der Waals surface area contributed by atoms with Gasteiger partial charge in [-0.15, -0.1) is 0 Å². The van der Waals surface area contributed by atoms with E-state index < -0.39 is 0 Å². The van der Waals surface area contributed by atoms with Crippen LogP contribution in [0.5, 0.6) is 0 Å². The molecule has 0 atom stereocenters. The highest BCUT2D eigenvalue weighted by molar-refractivity contribution is 6.30. The number of nitrogens with one attached hydrogen (secondary N) is 1. The molecule has 2 rings (SSSR count). The molecular weight excluding hydrogens is 232 g/mol. The summed E-state index contributed by atoms with van der Waals surface area (Å²) in [6.45, 7) is 6.29. The predicted molar refractivity (Wildman–Crippen MR) is 73.6 cm³/mol. The number of hydrogen-bond acceptors (Lipinski definition) is 2. The molecule has 1 aromatic carbocycles. The first kappa shape index (κ1) is 12.3. The fraction of sp³-hybridized carbons (Fsp3) is 0.357. The van der Waals surface area contributed by atoms with E-state index in [0.29, 0.717) is 5.15 Å². The van der Waals surface area contributed by atoms with Crippen molar-refractivity contribution >= 4 is 22.5 Å². The summed E-state index contributed by atoms with van der Waals surface area (Å²) in [5.41, 5.74) is 3.16. The molecule has 0 aliphatic heterocycles. The average molecular weight is 249 g/mol. The first-order chi connectivity index (χ1) is 7.94. The topological polar surface area (TPSA) is 24.9 Å². The van der Waals surface area contributed by atoms with Gasteiger partial charge in [-0.2, -0.15) is 0 Å². The van der Waals surface area contributed by atoms with E-state index in [0.717, 1.165) is 16.5 Å². The van der Waals surface area contributed by atoms with Crippen LogP contribution in [0.2, 0.25) is 5.15 Å². The van der Waals surface area contributed by atoms with Crippen LogP contribution in [0, 0.1) is 6.92 Å². The number of aromatic nitrogens is 1. The molecule has 0 saturated heterocycles. The van der Waals surface area contributed by atoms with Gasteiger partial charge in [0.1, 0.15) is 5.15 Å². The highest BCUT2D eigenvalue weighted by Crippen LogP contribution is 2.25. The Kier molecular flexibility index (Phi) is 3.11. The van der Waals surface area contributed by atoms with Crippen LogP contribution in [0.1, 0.15) is 25.0 Å². The van der Waals surface area contributed by atoms with Crippen LogP contribution in [0.15, 0.2) is 24.3 Å². The molecule has 17 heavy (non-hydrogen) atoms. The summed E-state index contributed by atoms with van der Waals surface area (Å²) < 4.78 is 0. The average Bonchev–Trinajstić information content (AvgIpc) is 2.30. The molecule has 0 spiro atoms. The van der Waals surface area contributed by atoms with Crippen molar-refractivity contribution in [3.8, 4) is 0 Å². The lowest BCUT2D eigenvalue weighted by Crippen LogP contribution is -2.32. The van der Waals surface area contributed by atoms with E-state index in [-0.39, 0.29) is 5.54 Å². The van der Waals surface area contributed by atoms with Gasteiger partial charge in [-0.1, -0.05) is 17.7 Å². The molecule has 1 N–H and O–H groups in total. The van der Waals surface area contributed by atoms with Gasteiger partial charge in [0.2, 0.25) is 0 Å². The Morgan fingerprint density at radius 1 is 1.24 bits per heavy atom. The van der Waals surface area contributed by atoms with Gasteiger partial charge >= 0.3 is 0 Å². The van der Waals surface area contributed by atoms with Crippen LogP contribution in [-0.2, 0) is 5.54 Å². The molecule has 0 amide bonds. The summed E-state index contributed by atoms with van der Waals surface area (Å²) in [5.74, 6) is 0. The Morgan fingerprint density at radius 3 is 2.59 bits per heavy atom. The number of nitrogens with zero attached hydrogens (tertiary/aromatic N) is 1. The van der Waals surface area contributed by atoms with Gasteiger partial charge in [0.25, 0.3) is 0 Å². The second-order valence-electron chi connectivity index (χ2n) is 4.88. The second-order valence-corrected chi connectivity index (χ2v) is 5.24.